The van der Waals surface area contributed by atoms with Crippen molar-refractivity contribution < 1.29 is 0 Å². The molecule has 1 aliphatic rings. The normalized spacial score (nSPS) is 14.3. The van der Waals surface area contributed by atoms with E-state index in [4.69, 9.17) is 0 Å². The topological polar surface area (TPSA) is 69.4 Å². The van der Waals surface area contributed by atoms with Crippen LogP contribution in [0.25, 0.3) is 27.4 Å². The smallest absolute Gasteiger partial charge is 0.205 e. The second-order valence-electron chi connectivity index (χ2n) is 6.66. The summed E-state index contributed by atoms with van der Waals surface area (Å²) in [6.45, 7) is 2.05. The van der Waals surface area contributed by atoms with Crippen LogP contribution >= 0.6 is 11.3 Å². The second-order valence-corrected chi connectivity index (χ2v) is 7.74. The highest BCUT2D eigenvalue weighted by Gasteiger charge is 2.21. The highest BCUT2D eigenvalue weighted by Crippen LogP contribution is 2.36. The van der Waals surface area contributed by atoms with E-state index in [0.717, 1.165) is 40.0 Å². The molecule has 6 nitrogen and oxygen atoms in total. The Morgan fingerprint density at radius 3 is 2.85 bits per heavy atom. The third kappa shape index (κ3) is 2.50. The van der Waals surface area contributed by atoms with Crippen LogP contribution in [0.4, 0.5) is 0 Å². The lowest BCUT2D eigenvalue weighted by Crippen LogP contribution is -2.04. The zero-order valence-electron chi connectivity index (χ0n) is 14.5. The lowest BCUT2D eigenvalue weighted by atomic mass is 10.1. The number of nitrogens with zero attached hydrogens (tertiary/aromatic N) is 6. The van der Waals surface area contributed by atoms with E-state index >= 15 is 0 Å². The fourth-order valence-corrected chi connectivity index (χ4v) is 4.86. The van der Waals surface area contributed by atoms with Gasteiger partial charge in [0, 0.05) is 10.4 Å². The summed E-state index contributed by atoms with van der Waals surface area (Å²) in [5.41, 5.74) is 3.50. The molecule has 130 valence electrons. The van der Waals surface area contributed by atoms with Gasteiger partial charge in [-0.1, -0.05) is 30.7 Å². The maximum atomic E-state index is 4.62. The predicted octanol–water partition coefficient (Wildman–Crippen LogP) is 3.91. The Labute approximate surface area is 154 Å². The number of thiophene rings is 1. The van der Waals surface area contributed by atoms with E-state index in [1.807, 2.05) is 18.2 Å². The molecule has 7 heteroatoms. The van der Waals surface area contributed by atoms with Gasteiger partial charge in [0.25, 0.3) is 0 Å². The molecule has 4 aromatic rings. The summed E-state index contributed by atoms with van der Waals surface area (Å²) >= 11 is 1.79. The number of fused-ring (bicyclic) bond motifs is 3. The minimum atomic E-state index is 0.621. The van der Waals surface area contributed by atoms with Gasteiger partial charge in [0.2, 0.25) is 5.82 Å². The van der Waals surface area contributed by atoms with Gasteiger partial charge in [0.1, 0.15) is 11.2 Å². The molecule has 3 heterocycles. The number of aromatic nitrogens is 6. The molecular weight excluding hydrogens is 344 g/mol. The number of rotatable bonds is 2. The average Bonchev–Trinajstić information content (AvgIpc) is 3.21. The number of hydrogen-bond acceptors (Lipinski definition) is 6. The summed E-state index contributed by atoms with van der Waals surface area (Å²) in [7, 11) is 0. The highest BCUT2D eigenvalue weighted by atomic mass is 32.1. The van der Waals surface area contributed by atoms with E-state index in [2.05, 4.69) is 38.4 Å². The van der Waals surface area contributed by atoms with Crippen LogP contribution in [0.3, 0.4) is 0 Å². The Morgan fingerprint density at radius 1 is 1.04 bits per heavy atom. The molecule has 26 heavy (non-hydrogen) atoms. The van der Waals surface area contributed by atoms with E-state index in [1.54, 1.807) is 22.5 Å². The lowest BCUT2D eigenvalue weighted by Gasteiger charge is -2.03. The molecule has 0 saturated heterocycles. The Morgan fingerprint density at radius 2 is 1.92 bits per heavy atom. The van der Waals surface area contributed by atoms with E-state index in [1.165, 1.54) is 29.7 Å². The molecule has 0 N–H and O–H groups in total. The van der Waals surface area contributed by atoms with Gasteiger partial charge >= 0.3 is 0 Å². The minimum Gasteiger partial charge on any atom is -0.225 e. The fourth-order valence-electron chi connectivity index (χ4n) is 3.64. The lowest BCUT2D eigenvalue weighted by molar-refractivity contribution is 0.701. The van der Waals surface area contributed by atoms with Gasteiger partial charge in [-0.15, -0.1) is 26.3 Å². The number of aryl methyl sites for hydroxylation is 3. The van der Waals surface area contributed by atoms with Crippen LogP contribution in [0.1, 0.15) is 35.3 Å². The van der Waals surface area contributed by atoms with Crippen LogP contribution in [-0.4, -0.2) is 30.2 Å². The van der Waals surface area contributed by atoms with Crippen molar-refractivity contribution in [2.24, 2.45) is 0 Å². The van der Waals surface area contributed by atoms with Crippen molar-refractivity contribution in [3.63, 3.8) is 0 Å². The Balaban J connectivity index is 1.66. The fraction of sp³-hybridized carbons (Fsp3) is 0.316. The van der Waals surface area contributed by atoms with E-state index in [-0.39, 0.29) is 0 Å². The van der Waals surface area contributed by atoms with Crippen molar-refractivity contribution in [1.82, 2.24) is 30.2 Å². The first-order chi connectivity index (χ1) is 12.8. The summed E-state index contributed by atoms with van der Waals surface area (Å²) < 4.78 is 0. The molecule has 0 bridgehead atoms. The zero-order chi connectivity index (χ0) is 17.5. The monoisotopic (exact) mass is 362 g/mol. The minimum absolute atomic E-state index is 0.621. The van der Waals surface area contributed by atoms with Crippen LogP contribution in [0.2, 0.25) is 0 Å². The molecule has 0 saturated carbocycles. The van der Waals surface area contributed by atoms with E-state index in [0.29, 0.717) is 5.82 Å². The molecule has 3 aromatic heterocycles. The molecule has 0 fully saturated rings. The van der Waals surface area contributed by atoms with Gasteiger partial charge in [-0.3, -0.25) is 0 Å². The first kappa shape index (κ1) is 15.6. The molecule has 5 rings (SSSR count). The molecule has 1 aromatic carbocycles. The maximum Gasteiger partial charge on any atom is 0.205 e. The third-order valence-electron chi connectivity index (χ3n) is 4.97. The van der Waals surface area contributed by atoms with Crippen LogP contribution in [0.5, 0.6) is 0 Å². The van der Waals surface area contributed by atoms with Crippen molar-refractivity contribution in [3.8, 4) is 17.2 Å². The van der Waals surface area contributed by atoms with Crippen molar-refractivity contribution in [2.75, 3.05) is 0 Å². The van der Waals surface area contributed by atoms with Crippen molar-refractivity contribution in [1.29, 1.82) is 0 Å². The van der Waals surface area contributed by atoms with Gasteiger partial charge in [0.05, 0.1) is 5.39 Å². The van der Waals surface area contributed by atoms with Gasteiger partial charge in [-0.25, -0.2) is 9.97 Å². The maximum absolute atomic E-state index is 4.62. The van der Waals surface area contributed by atoms with Crippen molar-refractivity contribution in [2.45, 2.75) is 39.0 Å². The summed E-state index contributed by atoms with van der Waals surface area (Å²) in [6.07, 6.45) is 7.56. The molecule has 1 aliphatic carbocycles. The predicted molar refractivity (Wildman–Crippen MR) is 102 cm³/mol. The highest BCUT2D eigenvalue weighted by molar-refractivity contribution is 7.18. The van der Waals surface area contributed by atoms with Crippen LogP contribution in [0, 0.1) is 6.92 Å². The Kier molecular flexibility index (Phi) is 3.74. The van der Waals surface area contributed by atoms with E-state index < -0.39 is 0 Å². The average molecular weight is 362 g/mol. The molecule has 0 aliphatic heterocycles. The molecule has 0 unspecified atom stereocenters. The van der Waals surface area contributed by atoms with Crippen LogP contribution in [0.15, 0.2) is 30.6 Å². The Hall–Kier alpha value is -2.67. The van der Waals surface area contributed by atoms with Gasteiger partial charge in [0.15, 0.2) is 5.82 Å². The summed E-state index contributed by atoms with van der Waals surface area (Å²) in [5, 5.41) is 14.3. The molecule has 0 atom stereocenters. The largest absolute Gasteiger partial charge is 0.225 e. The zero-order valence-corrected chi connectivity index (χ0v) is 15.3. The van der Waals surface area contributed by atoms with Crippen LogP contribution in [-0.2, 0) is 12.8 Å². The van der Waals surface area contributed by atoms with Crippen molar-refractivity contribution in [3.05, 3.63) is 46.6 Å². The van der Waals surface area contributed by atoms with Gasteiger partial charge in [-0.05, 0) is 48.9 Å². The molecule has 0 radical (unpaired) electrons. The molecule has 0 spiro atoms. The first-order valence-corrected chi connectivity index (χ1v) is 9.74. The van der Waals surface area contributed by atoms with Gasteiger partial charge < -0.3 is 0 Å². The number of tetrazole rings is 1. The van der Waals surface area contributed by atoms with Gasteiger partial charge in [-0.2, -0.15) is 0 Å². The first-order valence-electron chi connectivity index (χ1n) is 8.93. The van der Waals surface area contributed by atoms with Crippen LogP contribution < -0.4 is 0 Å². The Bertz CT molecular complexity index is 1100. The summed E-state index contributed by atoms with van der Waals surface area (Å²) in [4.78, 5) is 13.0. The summed E-state index contributed by atoms with van der Waals surface area (Å²) in [6, 6.07) is 8.07. The van der Waals surface area contributed by atoms with E-state index in [9.17, 15) is 0 Å². The quantitative estimate of drug-likeness (QED) is 0.506. The molecular formula is C19H18N6S. The third-order valence-corrected chi connectivity index (χ3v) is 6.17. The SMILES string of the molecule is Cc1ccccc1-c1nnn(-c2ncnc3sc4c(c23)CCCCC4)n1. The molecule has 0 amide bonds. The summed E-state index contributed by atoms with van der Waals surface area (Å²) in [5.74, 6) is 1.36. The number of hydrogen-bond donors (Lipinski definition) is 0. The standard InChI is InChI=1S/C19H18N6S/c1-12-7-5-6-8-13(12)17-22-24-25(23-17)18-16-14-9-3-2-4-10-15(14)26-19(16)21-11-20-18/h5-8,11H,2-4,9-10H2,1H3. The van der Waals surface area contributed by atoms with Crippen molar-refractivity contribution >= 4 is 21.6 Å². The second kappa shape index (κ2) is 6.25. The number of benzene rings is 1.